The number of H-pyrrole nitrogens is 1. The minimum atomic E-state index is -0.941. The first-order chi connectivity index (χ1) is 15.5. The van der Waals surface area contributed by atoms with Crippen molar-refractivity contribution in [3.05, 3.63) is 30.1 Å². The summed E-state index contributed by atoms with van der Waals surface area (Å²) in [6, 6.07) is 4.39. The average Bonchev–Trinajstić information content (AvgIpc) is 3.34. The SMILES string of the molecule is Cc1cnc(-c2ccn[nH]2)c2nc(N3CCOCC3C)cc(N3CCN([S+](C)[O-])CC3)c12. The standard InChI is InChI=1S/C22H29N7O2S/c1-15-13-23-21(17-4-5-24-26-17)22-20(15)18(27-6-8-28(9-7-27)32(3)30)12-19(25-22)29-10-11-31-14-16(29)2/h4-5,12-13,16H,6-11,14H2,1-3H3,(H,24,26). The maximum absolute atomic E-state index is 12.0. The molecule has 2 fully saturated rings. The Hall–Kier alpha value is -2.40. The van der Waals surface area contributed by atoms with Gasteiger partial charge in [-0.15, -0.1) is 4.31 Å². The molecule has 5 heterocycles. The fraction of sp³-hybridized carbons (Fsp3) is 0.500. The van der Waals surface area contributed by atoms with Gasteiger partial charge in [-0.3, -0.25) is 10.1 Å². The maximum Gasteiger partial charge on any atom is 0.131 e. The van der Waals surface area contributed by atoms with Crippen LogP contribution in [0.15, 0.2) is 24.5 Å². The number of aromatic nitrogens is 4. The summed E-state index contributed by atoms with van der Waals surface area (Å²) in [6.45, 7) is 9.63. The molecular formula is C22H29N7O2S. The Morgan fingerprint density at radius 2 is 2.03 bits per heavy atom. The van der Waals surface area contributed by atoms with Crippen molar-refractivity contribution in [2.45, 2.75) is 19.9 Å². The van der Waals surface area contributed by atoms with Gasteiger partial charge in [0.05, 0.1) is 43.7 Å². The molecule has 170 valence electrons. The van der Waals surface area contributed by atoms with Crippen LogP contribution < -0.4 is 9.80 Å². The summed E-state index contributed by atoms with van der Waals surface area (Å²) in [5.74, 6) is 0.943. The van der Waals surface area contributed by atoms with Crippen LogP contribution in [0.2, 0.25) is 0 Å². The highest BCUT2D eigenvalue weighted by Crippen LogP contribution is 2.37. The van der Waals surface area contributed by atoms with Crippen LogP contribution in [-0.4, -0.2) is 87.3 Å². The van der Waals surface area contributed by atoms with Crippen molar-refractivity contribution in [3.8, 4) is 11.4 Å². The van der Waals surface area contributed by atoms with Crippen LogP contribution in [0.5, 0.6) is 0 Å². The molecule has 0 aliphatic carbocycles. The normalized spacial score (nSPS) is 21.3. The zero-order valence-electron chi connectivity index (χ0n) is 18.7. The van der Waals surface area contributed by atoms with E-state index in [-0.39, 0.29) is 6.04 Å². The molecule has 2 unspecified atom stereocenters. The largest absolute Gasteiger partial charge is 0.598 e. The molecule has 2 aliphatic heterocycles. The Morgan fingerprint density at radius 1 is 1.22 bits per heavy atom. The van der Waals surface area contributed by atoms with Crippen molar-refractivity contribution in [2.24, 2.45) is 0 Å². The number of fused-ring (bicyclic) bond motifs is 1. The number of anilines is 2. The molecule has 9 nitrogen and oxygen atoms in total. The zero-order valence-corrected chi connectivity index (χ0v) is 19.6. The molecule has 0 bridgehead atoms. The van der Waals surface area contributed by atoms with Gasteiger partial charge in [-0.1, -0.05) is 0 Å². The molecule has 2 atom stereocenters. The lowest BCUT2D eigenvalue weighted by molar-refractivity contribution is 0.0986. The Balaban J connectivity index is 1.66. The van der Waals surface area contributed by atoms with Gasteiger partial charge in [-0.2, -0.15) is 5.10 Å². The number of nitrogens with one attached hydrogen (secondary N) is 1. The molecule has 10 heteroatoms. The van der Waals surface area contributed by atoms with E-state index in [9.17, 15) is 4.55 Å². The van der Waals surface area contributed by atoms with E-state index in [1.807, 2.05) is 16.6 Å². The van der Waals surface area contributed by atoms with E-state index in [4.69, 9.17) is 14.7 Å². The van der Waals surface area contributed by atoms with E-state index in [2.05, 4.69) is 39.9 Å². The predicted molar refractivity (Wildman–Crippen MR) is 127 cm³/mol. The molecule has 5 rings (SSSR count). The molecule has 0 saturated carbocycles. The van der Waals surface area contributed by atoms with Crippen molar-refractivity contribution >= 4 is 33.8 Å². The maximum atomic E-state index is 12.0. The number of rotatable bonds is 4. The lowest BCUT2D eigenvalue weighted by Gasteiger charge is -2.38. The van der Waals surface area contributed by atoms with Crippen LogP contribution in [-0.2, 0) is 16.1 Å². The summed E-state index contributed by atoms with van der Waals surface area (Å²) < 4.78 is 19.6. The first-order valence-electron chi connectivity index (χ1n) is 11.0. The van der Waals surface area contributed by atoms with Crippen molar-refractivity contribution in [1.82, 2.24) is 24.5 Å². The lowest BCUT2D eigenvalue weighted by Crippen LogP contribution is -2.48. The van der Waals surface area contributed by atoms with Gasteiger partial charge in [-0.25, -0.2) is 4.98 Å². The topological polar surface area (TPSA) is 96.5 Å². The summed E-state index contributed by atoms with van der Waals surface area (Å²) in [7, 11) is 0. The summed E-state index contributed by atoms with van der Waals surface area (Å²) in [6.07, 6.45) is 5.40. The summed E-state index contributed by atoms with van der Waals surface area (Å²) >= 11 is -0.941. The van der Waals surface area contributed by atoms with Gasteiger partial charge >= 0.3 is 0 Å². The second kappa shape index (κ2) is 8.86. The number of hydrogen-bond acceptors (Lipinski definition) is 8. The van der Waals surface area contributed by atoms with Crippen LogP contribution >= 0.6 is 0 Å². The quantitative estimate of drug-likeness (QED) is 0.597. The van der Waals surface area contributed by atoms with E-state index in [0.29, 0.717) is 13.2 Å². The van der Waals surface area contributed by atoms with Gasteiger partial charge in [0, 0.05) is 54.8 Å². The lowest BCUT2D eigenvalue weighted by atomic mass is 10.0. The molecular weight excluding hydrogens is 426 g/mol. The van der Waals surface area contributed by atoms with Gasteiger partial charge < -0.3 is 19.1 Å². The van der Waals surface area contributed by atoms with Crippen molar-refractivity contribution < 1.29 is 9.29 Å². The molecule has 2 aliphatic rings. The van der Waals surface area contributed by atoms with E-state index < -0.39 is 11.4 Å². The number of morpholine rings is 1. The van der Waals surface area contributed by atoms with Crippen molar-refractivity contribution in [2.75, 3.05) is 62.0 Å². The summed E-state index contributed by atoms with van der Waals surface area (Å²) in [4.78, 5) is 14.6. The third-order valence-corrected chi connectivity index (χ3v) is 7.44. The highest BCUT2D eigenvalue weighted by atomic mass is 32.2. The molecule has 0 aromatic carbocycles. The smallest absolute Gasteiger partial charge is 0.131 e. The molecule has 3 aromatic rings. The van der Waals surface area contributed by atoms with Crippen molar-refractivity contribution in [3.63, 3.8) is 0 Å². The van der Waals surface area contributed by atoms with Crippen LogP contribution in [0.3, 0.4) is 0 Å². The molecule has 3 aromatic heterocycles. The first kappa shape index (κ1) is 21.4. The van der Waals surface area contributed by atoms with Gasteiger partial charge in [0.15, 0.2) is 0 Å². The summed E-state index contributed by atoms with van der Waals surface area (Å²) in [5, 5.41) is 8.29. The molecule has 0 amide bonds. The number of nitrogens with zero attached hydrogens (tertiary/aromatic N) is 6. The minimum Gasteiger partial charge on any atom is -0.598 e. The van der Waals surface area contributed by atoms with E-state index in [1.54, 1.807) is 12.5 Å². The Labute approximate surface area is 191 Å². The number of aromatic amines is 1. The van der Waals surface area contributed by atoms with Gasteiger partial charge in [0.25, 0.3) is 0 Å². The minimum absolute atomic E-state index is 0.245. The number of ether oxygens (including phenoxy) is 1. The highest BCUT2D eigenvalue weighted by molar-refractivity contribution is 7.88. The zero-order chi connectivity index (χ0) is 22.2. The van der Waals surface area contributed by atoms with Crippen LogP contribution in [0.1, 0.15) is 12.5 Å². The van der Waals surface area contributed by atoms with Crippen LogP contribution in [0.25, 0.3) is 22.3 Å². The van der Waals surface area contributed by atoms with Crippen molar-refractivity contribution in [1.29, 1.82) is 0 Å². The van der Waals surface area contributed by atoms with E-state index in [1.165, 1.54) is 0 Å². The van der Waals surface area contributed by atoms with Crippen LogP contribution in [0, 0.1) is 6.92 Å². The monoisotopic (exact) mass is 455 g/mol. The van der Waals surface area contributed by atoms with E-state index >= 15 is 0 Å². The fourth-order valence-corrected chi connectivity index (χ4v) is 5.28. The fourth-order valence-electron chi connectivity index (χ4n) is 4.60. The second-order valence-electron chi connectivity index (χ2n) is 8.44. The Kier molecular flexibility index (Phi) is 5.93. The third-order valence-electron chi connectivity index (χ3n) is 6.35. The predicted octanol–water partition coefficient (Wildman–Crippen LogP) is 1.97. The Bertz CT molecular complexity index is 1080. The van der Waals surface area contributed by atoms with Gasteiger partial charge in [0.1, 0.15) is 23.3 Å². The second-order valence-corrected chi connectivity index (χ2v) is 9.80. The Morgan fingerprint density at radius 3 is 2.72 bits per heavy atom. The molecule has 2 saturated heterocycles. The molecule has 0 spiro atoms. The number of piperazine rings is 1. The first-order valence-corrected chi connectivity index (χ1v) is 12.5. The number of hydrogen-bond donors (Lipinski definition) is 1. The third kappa shape index (κ3) is 3.92. The highest BCUT2D eigenvalue weighted by Gasteiger charge is 2.28. The molecule has 0 radical (unpaired) electrons. The molecule has 1 N–H and O–H groups in total. The number of aryl methyl sites for hydroxylation is 1. The summed E-state index contributed by atoms with van der Waals surface area (Å²) in [5.41, 5.74) is 4.79. The average molecular weight is 456 g/mol. The number of pyridine rings is 2. The van der Waals surface area contributed by atoms with Crippen LogP contribution in [0.4, 0.5) is 11.5 Å². The van der Waals surface area contributed by atoms with Gasteiger partial charge in [0.2, 0.25) is 0 Å². The molecule has 32 heavy (non-hydrogen) atoms. The van der Waals surface area contributed by atoms with E-state index in [0.717, 1.165) is 72.1 Å². The van der Waals surface area contributed by atoms with Gasteiger partial charge in [-0.05, 0) is 25.5 Å².